The fraction of sp³-hybridized carbons (Fsp3) is 0.182. The van der Waals surface area contributed by atoms with E-state index in [2.05, 4.69) is 13.0 Å². The summed E-state index contributed by atoms with van der Waals surface area (Å²) in [4.78, 5) is 42.0. The van der Waals surface area contributed by atoms with Gasteiger partial charge in [-0.2, -0.15) is 0 Å². The third-order valence-electron chi connectivity index (χ3n) is 8.89. The van der Waals surface area contributed by atoms with Crippen molar-refractivity contribution in [3.8, 4) is 0 Å². The van der Waals surface area contributed by atoms with E-state index in [9.17, 15) is 14.4 Å². The second kappa shape index (κ2) is 6.98. The molecular formula is C33H24O3. The summed E-state index contributed by atoms with van der Waals surface area (Å²) in [7, 11) is 0. The van der Waals surface area contributed by atoms with Crippen molar-refractivity contribution in [3.05, 3.63) is 130 Å². The molecule has 4 aromatic rings. The van der Waals surface area contributed by atoms with E-state index >= 15 is 0 Å². The molecule has 4 atom stereocenters. The molecule has 0 N–H and O–H groups in total. The third kappa shape index (κ3) is 2.22. The molecule has 0 bridgehead atoms. The topological polar surface area (TPSA) is 51.2 Å². The first-order chi connectivity index (χ1) is 17.5. The van der Waals surface area contributed by atoms with Crippen LogP contribution in [0.25, 0.3) is 10.8 Å². The molecule has 1 saturated carbocycles. The van der Waals surface area contributed by atoms with E-state index in [0.717, 1.165) is 27.5 Å². The van der Waals surface area contributed by atoms with Crippen molar-refractivity contribution in [2.24, 2.45) is 10.8 Å². The molecule has 4 unspecified atom stereocenters. The van der Waals surface area contributed by atoms with Crippen molar-refractivity contribution in [2.75, 3.05) is 0 Å². The van der Waals surface area contributed by atoms with Gasteiger partial charge in [0, 0.05) is 28.5 Å². The van der Waals surface area contributed by atoms with Gasteiger partial charge in [-0.15, -0.1) is 0 Å². The summed E-state index contributed by atoms with van der Waals surface area (Å²) < 4.78 is 0. The Morgan fingerprint density at radius 1 is 0.694 bits per heavy atom. The van der Waals surface area contributed by atoms with Gasteiger partial charge in [-0.1, -0.05) is 97.1 Å². The standard InChI is InChI=1S/C33H24O3/c1-19-23-15-9-10-16-24(23)27(20(2)34)28-26(19)25-17-18-32(30(35)21-11-5-3-6-12-21)29(28)33(25,32)31(36)22-13-7-4-8-14-22/h3-18,25,29H,1-2H3. The monoisotopic (exact) mass is 468 g/mol. The Labute approximate surface area is 209 Å². The van der Waals surface area contributed by atoms with Gasteiger partial charge < -0.3 is 0 Å². The summed E-state index contributed by atoms with van der Waals surface area (Å²) >= 11 is 0. The summed E-state index contributed by atoms with van der Waals surface area (Å²) in [5.74, 6) is -0.694. The van der Waals surface area contributed by atoms with E-state index in [1.54, 1.807) is 6.92 Å². The lowest BCUT2D eigenvalue weighted by atomic mass is 9.74. The van der Waals surface area contributed by atoms with Crippen LogP contribution in [0.5, 0.6) is 0 Å². The molecule has 174 valence electrons. The molecule has 0 spiro atoms. The molecule has 3 heteroatoms. The minimum atomic E-state index is -0.988. The normalized spacial score (nSPS) is 26.5. The SMILES string of the molecule is CC(=O)c1c2c(c(C)c3ccccc13)C1C=CC3(C(=O)c4ccccc4)C2C13C(=O)c1ccccc1. The molecular weight excluding hydrogens is 444 g/mol. The zero-order chi connectivity index (χ0) is 24.8. The van der Waals surface area contributed by atoms with Gasteiger partial charge in [-0.3, -0.25) is 14.4 Å². The van der Waals surface area contributed by atoms with Crippen LogP contribution in [0, 0.1) is 17.8 Å². The molecule has 4 aromatic carbocycles. The number of rotatable bonds is 5. The lowest BCUT2D eigenvalue weighted by Gasteiger charge is -2.26. The summed E-state index contributed by atoms with van der Waals surface area (Å²) in [6.45, 7) is 3.68. The summed E-state index contributed by atoms with van der Waals surface area (Å²) in [5.41, 5.74) is 2.99. The molecule has 1 fully saturated rings. The van der Waals surface area contributed by atoms with Crippen LogP contribution in [0.15, 0.2) is 97.1 Å². The first kappa shape index (κ1) is 21.2. The fourth-order valence-electron chi connectivity index (χ4n) is 7.62. The average molecular weight is 469 g/mol. The Hall–Kier alpha value is -4.11. The van der Waals surface area contributed by atoms with Gasteiger partial charge in [-0.25, -0.2) is 0 Å². The highest BCUT2D eigenvalue weighted by molar-refractivity contribution is 6.21. The van der Waals surface area contributed by atoms with Gasteiger partial charge in [0.25, 0.3) is 0 Å². The van der Waals surface area contributed by atoms with Crippen LogP contribution in [0.4, 0.5) is 0 Å². The predicted molar refractivity (Wildman–Crippen MR) is 140 cm³/mol. The zero-order valence-electron chi connectivity index (χ0n) is 20.1. The highest BCUT2D eigenvalue weighted by atomic mass is 16.1. The van der Waals surface area contributed by atoms with Gasteiger partial charge in [0.2, 0.25) is 0 Å². The second-order valence-corrected chi connectivity index (χ2v) is 10.3. The number of aryl methyl sites for hydroxylation is 1. The molecule has 0 amide bonds. The third-order valence-corrected chi connectivity index (χ3v) is 8.89. The van der Waals surface area contributed by atoms with Crippen LogP contribution >= 0.6 is 0 Å². The summed E-state index contributed by atoms with van der Waals surface area (Å²) in [6.07, 6.45) is 4.06. The molecule has 0 aliphatic heterocycles. The van der Waals surface area contributed by atoms with Crippen LogP contribution in [0.3, 0.4) is 0 Å². The van der Waals surface area contributed by atoms with Gasteiger partial charge in [0.05, 0.1) is 10.8 Å². The largest absolute Gasteiger partial charge is 0.294 e. The Balaban J connectivity index is 1.56. The number of carbonyl (C=O) groups is 3. The fourth-order valence-corrected chi connectivity index (χ4v) is 7.62. The molecule has 3 aliphatic rings. The van der Waals surface area contributed by atoms with E-state index < -0.39 is 10.8 Å². The Morgan fingerprint density at radius 2 is 1.25 bits per heavy atom. The molecule has 0 saturated heterocycles. The van der Waals surface area contributed by atoms with Crippen molar-refractivity contribution >= 4 is 28.1 Å². The highest BCUT2D eigenvalue weighted by Crippen LogP contribution is 2.89. The molecule has 3 nitrogen and oxygen atoms in total. The maximum absolute atomic E-state index is 14.5. The molecule has 36 heavy (non-hydrogen) atoms. The predicted octanol–water partition coefficient (Wildman–Crippen LogP) is 6.85. The van der Waals surface area contributed by atoms with Crippen molar-refractivity contribution in [1.82, 2.24) is 0 Å². The number of fused-ring (bicyclic) bond motifs is 5. The van der Waals surface area contributed by atoms with Crippen LogP contribution in [0.1, 0.15) is 66.5 Å². The quantitative estimate of drug-likeness (QED) is 0.238. The summed E-state index contributed by atoms with van der Waals surface area (Å²) in [6, 6.07) is 26.5. The number of carbonyl (C=O) groups excluding carboxylic acids is 3. The van der Waals surface area contributed by atoms with Crippen molar-refractivity contribution in [2.45, 2.75) is 25.7 Å². The Kier molecular flexibility index (Phi) is 4.11. The van der Waals surface area contributed by atoms with Crippen molar-refractivity contribution in [1.29, 1.82) is 0 Å². The van der Waals surface area contributed by atoms with E-state index in [-0.39, 0.29) is 29.2 Å². The number of hydrogen-bond donors (Lipinski definition) is 0. The van der Waals surface area contributed by atoms with Crippen molar-refractivity contribution < 1.29 is 14.4 Å². The molecule has 0 heterocycles. The van der Waals surface area contributed by atoms with Gasteiger partial charge >= 0.3 is 0 Å². The number of ketones is 3. The minimum Gasteiger partial charge on any atom is -0.294 e. The highest BCUT2D eigenvalue weighted by Gasteiger charge is 2.89. The average Bonchev–Trinajstić information content (AvgIpc) is 3.28. The number of benzene rings is 4. The minimum absolute atomic E-state index is 0.0125. The molecule has 3 aliphatic carbocycles. The summed E-state index contributed by atoms with van der Waals surface area (Å²) in [5, 5.41) is 1.93. The lowest BCUT2D eigenvalue weighted by molar-refractivity contribution is 0.0800. The van der Waals surface area contributed by atoms with Crippen LogP contribution in [0.2, 0.25) is 0 Å². The van der Waals surface area contributed by atoms with E-state index in [4.69, 9.17) is 0 Å². The molecule has 7 rings (SSSR count). The maximum Gasteiger partial charge on any atom is 0.174 e. The molecule has 0 radical (unpaired) electrons. The zero-order valence-corrected chi connectivity index (χ0v) is 20.1. The van der Waals surface area contributed by atoms with E-state index in [1.165, 1.54) is 0 Å². The maximum atomic E-state index is 14.5. The molecule has 0 aromatic heterocycles. The van der Waals surface area contributed by atoms with Gasteiger partial charge in [0.15, 0.2) is 17.3 Å². The Morgan fingerprint density at radius 3 is 1.86 bits per heavy atom. The smallest absolute Gasteiger partial charge is 0.174 e. The number of allylic oxidation sites excluding steroid dienone is 2. The Bertz CT molecular complexity index is 1660. The first-order valence-corrected chi connectivity index (χ1v) is 12.4. The van der Waals surface area contributed by atoms with Crippen LogP contribution < -0.4 is 0 Å². The van der Waals surface area contributed by atoms with Crippen LogP contribution in [-0.2, 0) is 0 Å². The lowest BCUT2D eigenvalue weighted by Crippen LogP contribution is -2.30. The van der Waals surface area contributed by atoms with E-state index in [1.807, 2.05) is 91.0 Å². The number of hydrogen-bond acceptors (Lipinski definition) is 3. The van der Waals surface area contributed by atoms with Crippen LogP contribution in [-0.4, -0.2) is 17.3 Å². The van der Waals surface area contributed by atoms with Crippen molar-refractivity contribution in [3.63, 3.8) is 0 Å². The second-order valence-electron chi connectivity index (χ2n) is 10.3. The van der Waals surface area contributed by atoms with Gasteiger partial charge in [0.1, 0.15) is 0 Å². The first-order valence-electron chi connectivity index (χ1n) is 12.4. The number of Topliss-reactive ketones (excluding diaryl/α,β-unsaturated/α-hetero) is 3. The van der Waals surface area contributed by atoms with E-state index in [0.29, 0.717) is 16.7 Å². The van der Waals surface area contributed by atoms with Gasteiger partial charge in [-0.05, 0) is 41.3 Å².